The first-order valence-corrected chi connectivity index (χ1v) is 10.9. The number of likely N-dealkylation sites (tertiary alicyclic amines) is 1. The summed E-state index contributed by atoms with van der Waals surface area (Å²) in [5, 5.41) is 13.9. The molecule has 1 heterocycles. The van der Waals surface area contributed by atoms with E-state index in [4.69, 9.17) is 4.74 Å². The molecule has 1 aliphatic rings. The molecule has 1 N–H and O–H groups in total. The van der Waals surface area contributed by atoms with Gasteiger partial charge in [-0.3, -0.25) is 24.7 Å². The minimum absolute atomic E-state index is 0.111. The van der Waals surface area contributed by atoms with Crippen molar-refractivity contribution in [3.63, 3.8) is 0 Å². The number of hydrogen-bond donors (Lipinski definition) is 1. The summed E-state index contributed by atoms with van der Waals surface area (Å²) in [5.41, 5.74) is -0.274. The van der Waals surface area contributed by atoms with E-state index in [1.54, 1.807) is 6.92 Å². The average molecular weight is 440 g/mol. The second-order valence-corrected chi connectivity index (χ2v) is 8.85. The van der Waals surface area contributed by atoms with Gasteiger partial charge >= 0.3 is 5.97 Å². The van der Waals surface area contributed by atoms with Crippen molar-refractivity contribution in [1.29, 1.82) is 0 Å². The molecule has 1 rings (SSSR count). The van der Waals surface area contributed by atoms with Crippen LogP contribution in [-0.2, 0) is 14.3 Å². The number of rotatable bonds is 10. The molecule has 31 heavy (non-hydrogen) atoms. The zero-order chi connectivity index (χ0) is 23.4. The van der Waals surface area contributed by atoms with Gasteiger partial charge in [-0.25, -0.2) is 4.99 Å². The van der Waals surface area contributed by atoms with Gasteiger partial charge in [0.1, 0.15) is 11.7 Å². The molecule has 0 aliphatic carbocycles. The van der Waals surface area contributed by atoms with Crippen LogP contribution in [0.5, 0.6) is 0 Å². The molecule has 1 fully saturated rings. The van der Waals surface area contributed by atoms with Gasteiger partial charge in [0.05, 0.1) is 19.4 Å². The summed E-state index contributed by atoms with van der Waals surface area (Å²) in [6.07, 6.45) is 3.17. The second kappa shape index (κ2) is 13.1. The third-order valence-electron chi connectivity index (χ3n) is 4.90. The molecule has 0 aromatic heterocycles. The van der Waals surface area contributed by atoms with Crippen molar-refractivity contribution < 1.29 is 19.2 Å². The Morgan fingerprint density at radius 2 is 1.94 bits per heavy atom. The van der Waals surface area contributed by atoms with Crippen molar-refractivity contribution in [3.8, 4) is 0 Å². The van der Waals surface area contributed by atoms with E-state index in [2.05, 4.69) is 27.1 Å². The van der Waals surface area contributed by atoms with Gasteiger partial charge in [0.15, 0.2) is 0 Å². The first-order chi connectivity index (χ1) is 14.6. The molecule has 10 nitrogen and oxygen atoms in total. The van der Waals surface area contributed by atoms with Crippen LogP contribution < -0.4 is 5.32 Å². The van der Waals surface area contributed by atoms with Crippen molar-refractivity contribution in [2.75, 3.05) is 39.3 Å². The highest BCUT2D eigenvalue weighted by molar-refractivity contribution is 6.00. The lowest BCUT2D eigenvalue weighted by Crippen LogP contribution is -2.44. The molecule has 1 atom stereocenters. The summed E-state index contributed by atoms with van der Waals surface area (Å²) < 4.78 is 5.08. The van der Waals surface area contributed by atoms with Gasteiger partial charge < -0.3 is 15.0 Å². The molecule has 0 amide bonds. The largest absolute Gasteiger partial charge is 0.465 e. The number of carbonyl (C=O) groups excluding carboxylic acids is 2. The van der Waals surface area contributed by atoms with Crippen LogP contribution in [0.3, 0.4) is 0 Å². The van der Waals surface area contributed by atoms with Gasteiger partial charge in [0, 0.05) is 30.5 Å². The topological polar surface area (TPSA) is 126 Å². The quantitative estimate of drug-likeness (QED) is 0.138. The van der Waals surface area contributed by atoms with E-state index in [0.29, 0.717) is 0 Å². The Morgan fingerprint density at radius 3 is 2.45 bits per heavy atom. The van der Waals surface area contributed by atoms with Crippen LogP contribution in [0.25, 0.3) is 0 Å². The molecular formula is C21H37N5O5. The van der Waals surface area contributed by atoms with E-state index in [9.17, 15) is 19.7 Å². The highest BCUT2D eigenvalue weighted by Crippen LogP contribution is 2.22. The lowest BCUT2D eigenvalue weighted by molar-refractivity contribution is -0.462. The fraction of sp³-hybridized carbons (Fsp3) is 0.810. The van der Waals surface area contributed by atoms with Crippen LogP contribution in [0.2, 0.25) is 0 Å². The molecule has 0 aromatic rings. The predicted molar refractivity (Wildman–Crippen MR) is 120 cm³/mol. The summed E-state index contributed by atoms with van der Waals surface area (Å²) in [6, 6.07) is 0.126. The zero-order valence-corrected chi connectivity index (χ0v) is 19.4. The fourth-order valence-electron chi connectivity index (χ4n) is 3.27. The third kappa shape index (κ3) is 11.0. The van der Waals surface area contributed by atoms with E-state index in [0.717, 1.165) is 32.5 Å². The van der Waals surface area contributed by atoms with Crippen LogP contribution in [0.1, 0.15) is 53.9 Å². The Morgan fingerprint density at radius 1 is 1.29 bits per heavy atom. The number of carbonyl (C=O) groups is 2. The number of ether oxygens (including phenoxy) is 1. The molecule has 1 saturated heterocycles. The van der Waals surface area contributed by atoms with E-state index in [1.807, 2.05) is 20.8 Å². The lowest BCUT2D eigenvalue weighted by Gasteiger charge is -2.31. The number of esters is 1. The monoisotopic (exact) mass is 439 g/mol. The lowest BCUT2D eigenvalue weighted by atomic mass is 9.85. The maximum Gasteiger partial charge on any atom is 0.318 e. The highest BCUT2D eigenvalue weighted by Gasteiger charge is 2.31. The molecule has 0 spiro atoms. The molecule has 10 heteroatoms. The summed E-state index contributed by atoms with van der Waals surface area (Å²) in [4.78, 5) is 46.0. The van der Waals surface area contributed by atoms with Crippen molar-refractivity contribution in [2.24, 2.45) is 21.3 Å². The SMILES string of the molecule is CCOC(=O)C(CN=C(/N=C\C[N+](=O)[O-])NC1CCN(CC)CC1)C(=O)CC(C)(C)C. The number of piperidine rings is 1. The highest BCUT2D eigenvalue weighted by atomic mass is 16.6. The average Bonchev–Trinajstić information content (AvgIpc) is 2.67. The van der Waals surface area contributed by atoms with Crippen molar-refractivity contribution in [3.05, 3.63) is 10.1 Å². The maximum atomic E-state index is 12.7. The smallest absolute Gasteiger partial charge is 0.318 e. The van der Waals surface area contributed by atoms with Crippen LogP contribution in [-0.4, -0.2) is 79.1 Å². The molecule has 0 bridgehead atoms. The molecule has 0 radical (unpaired) electrons. The van der Waals surface area contributed by atoms with E-state index < -0.39 is 23.4 Å². The standard InChI is InChI=1S/C21H37N5O5/c1-6-25-11-8-16(9-12-25)24-20(22-10-13-26(29)30)23-15-17(19(28)31-7-2)18(27)14-21(3,4)5/h10,16-17H,6-9,11-15H2,1-5H3,(H,23,24)/b22-10-. The minimum Gasteiger partial charge on any atom is -0.465 e. The fourth-order valence-corrected chi connectivity index (χ4v) is 3.27. The third-order valence-corrected chi connectivity index (χ3v) is 4.90. The van der Waals surface area contributed by atoms with Crippen molar-refractivity contribution >= 4 is 23.9 Å². The summed E-state index contributed by atoms with van der Waals surface area (Å²) in [7, 11) is 0. The summed E-state index contributed by atoms with van der Waals surface area (Å²) >= 11 is 0. The second-order valence-electron chi connectivity index (χ2n) is 8.85. The number of nitrogens with zero attached hydrogens (tertiary/aromatic N) is 4. The van der Waals surface area contributed by atoms with Crippen LogP contribution in [0.15, 0.2) is 9.98 Å². The summed E-state index contributed by atoms with van der Waals surface area (Å²) in [5.74, 6) is -1.66. The Bertz CT molecular complexity index is 664. The molecule has 1 unspecified atom stereocenters. The molecular weight excluding hydrogens is 402 g/mol. The number of nitrogens with one attached hydrogen (secondary N) is 1. The number of nitro groups is 1. The normalized spacial score (nSPS) is 17.5. The van der Waals surface area contributed by atoms with E-state index in [-0.39, 0.29) is 42.8 Å². The van der Waals surface area contributed by atoms with E-state index >= 15 is 0 Å². The van der Waals surface area contributed by atoms with Crippen LogP contribution >= 0.6 is 0 Å². The number of aliphatic imine (C=N–C) groups is 2. The number of ketones is 1. The minimum atomic E-state index is -1.02. The van der Waals surface area contributed by atoms with Crippen LogP contribution in [0.4, 0.5) is 0 Å². The van der Waals surface area contributed by atoms with Gasteiger partial charge in [0.25, 0.3) is 0 Å². The molecule has 176 valence electrons. The maximum absolute atomic E-state index is 12.7. The van der Waals surface area contributed by atoms with Gasteiger partial charge in [-0.15, -0.1) is 0 Å². The molecule has 1 aliphatic heterocycles. The van der Waals surface area contributed by atoms with Crippen LogP contribution in [0, 0.1) is 21.4 Å². The Hall–Kier alpha value is -2.36. The van der Waals surface area contributed by atoms with Crippen molar-refractivity contribution in [2.45, 2.75) is 59.9 Å². The summed E-state index contributed by atoms with van der Waals surface area (Å²) in [6.45, 7) is 12.1. The Kier molecular flexibility index (Phi) is 11.3. The Balaban J connectivity index is 2.96. The van der Waals surface area contributed by atoms with Gasteiger partial charge in [-0.1, -0.05) is 27.7 Å². The number of Topliss-reactive ketones (excluding diaryl/α,β-unsaturated/α-hetero) is 1. The number of guanidine groups is 1. The van der Waals surface area contributed by atoms with Gasteiger partial charge in [0.2, 0.25) is 12.5 Å². The number of hydrogen-bond acceptors (Lipinski definition) is 7. The molecule has 0 saturated carbocycles. The van der Waals surface area contributed by atoms with Gasteiger partial charge in [-0.05, 0) is 31.7 Å². The van der Waals surface area contributed by atoms with E-state index in [1.165, 1.54) is 6.21 Å². The van der Waals surface area contributed by atoms with Crippen molar-refractivity contribution in [1.82, 2.24) is 10.2 Å². The first-order valence-electron chi connectivity index (χ1n) is 10.9. The zero-order valence-electron chi connectivity index (χ0n) is 19.4. The first kappa shape index (κ1) is 26.7. The predicted octanol–water partition coefficient (Wildman–Crippen LogP) is 1.95. The Labute approximate surface area is 184 Å². The van der Waals surface area contributed by atoms with Gasteiger partial charge in [-0.2, -0.15) is 0 Å². The molecule has 0 aromatic carbocycles.